The Kier molecular flexibility index (Phi) is 2.66. The summed E-state index contributed by atoms with van der Waals surface area (Å²) in [5.41, 5.74) is 11.0. The van der Waals surface area contributed by atoms with Gasteiger partial charge in [0, 0.05) is 0 Å². The van der Waals surface area contributed by atoms with Crippen molar-refractivity contribution >= 4 is 11.7 Å². The van der Waals surface area contributed by atoms with Crippen molar-refractivity contribution in [1.82, 2.24) is 0 Å². The molecule has 0 radical (unpaired) electrons. The van der Waals surface area contributed by atoms with E-state index in [-0.39, 0.29) is 6.54 Å². The zero-order chi connectivity index (χ0) is 8.97. The summed E-state index contributed by atoms with van der Waals surface area (Å²) in [6, 6.07) is 6.76. The van der Waals surface area contributed by atoms with E-state index >= 15 is 0 Å². The summed E-state index contributed by atoms with van der Waals surface area (Å²) in [6.45, 7) is -0.145. The first kappa shape index (κ1) is 8.55. The van der Waals surface area contributed by atoms with E-state index in [1.54, 1.807) is 24.3 Å². The van der Waals surface area contributed by atoms with Crippen LogP contribution < -0.4 is 16.2 Å². The molecule has 0 bridgehead atoms. The lowest BCUT2D eigenvalue weighted by Gasteiger charge is -2.04. The number of anilines is 1. The fourth-order valence-corrected chi connectivity index (χ4v) is 0.738. The van der Waals surface area contributed by atoms with Crippen LogP contribution in [0.5, 0.6) is 5.75 Å². The Bertz CT molecular complexity index is 286. The molecule has 0 atom stereocenters. The first-order chi connectivity index (χ1) is 5.74. The minimum atomic E-state index is -0.493. The summed E-state index contributed by atoms with van der Waals surface area (Å²) in [5.74, 6) is -0.138. The number of nitrogen functional groups attached to an aromatic ring is 1. The highest BCUT2D eigenvalue weighted by Crippen LogP contribution is 2.19. The van der Waals surface area contributed by atoms with Gasteiger partial charge >= 0.3 is 5.97 Å². The number of carbonyl (C=O) groups is 1. The van der Waals surface area contributed by atoms with Crippen LogP contribution in [0.4, 0.5) is 5.69 Å². The van der Waals surface area contributed by atoms with E-state index in [0.717, 1.165) is 0 Å². The second-order valence-corrected chi connectivity index (χ2v) is 2.22. The Morgan fingerprint density at radius 1 is 1.42 bits per heavy atom. The molecule has 0 unspecified atom stereocenters. The summed E-state index contributed by atoms with van der Waals surface area (Å²) < 4.78 is 4.81. The topological polar surface area (TPSA) is 78.3 Å². The Morgan fingerprint density at radius 3 is 2.67 bits per heavy atom. The predicted octanol–water partition coefficient (Wildman–Crippen LogP) is 0.133. The van der Waals surface area contributed by atoms with Gasteiger partial charge in [0.05, 0.1) is 12.2 Å². The van der Waals surface area contributed by atoms with E-state index in [9.17, 15) is 4.79 Å². The van der Waals surface area contributed by atoms with Crippen molar-refractivity contribution in [3.8, 4) is 5.75 Å². The molecular weight excluding hydrogens is 156 g/mol. The SMILES string of the molecule is NCC(=O)Oc1ccccc1N. The first-order valence-corrected chi connectivity index (χ1v) is 3.49. The molecular formula is C8H10N2O2. The summed E-state index contributed by atoms with van der Waals surface area (Å²) in [5, 5.41) is 0. The fraction of sp³-hybridized carbons (Fsp3) is 0.125. The summed E-state index contributed by atoms with van der Waals surface area (Å²) >= 11 is 0. The predicted molar refractivity (Wildman–Crippen MR) is 45.5 cm³/mol. The normalized spacial score (nSPS) is 9.42. The highest BCUT2D eigenvalue weighted by atomic mass is 16.5. The van der Waals surface area contributed by atoms with E-state index in [4.69, 9.17) is 16.2 Å². The molecule has 0 saturated carbocycles. The van der Waals surface area contributed by atoms with Gasteiger partial charge in [0.2, 0.25) is 0 Å². The van der Waals surface area contributed by atoms with Gasteiger partial charge in [0.1, 0.15) is 0 Å². The van der Waals surface area contributed by atoms with E-state index in [1.807, 2.05) is 0 Å². The number of hydrogen-bond acceptors (Lipinski definition) is 4. The minimum Gasteiger partial charge on any atom is -0.423 e. The van der Waals surface area contributed by atoms with E-state index in [0.29, 0.717) is 11.4 Å². The molecule has 0 heterocycles. The third kappa shape index (κ3) is 1.96. The van der Waals surface area contributed by atoms with Gasteiger partial charge < -0.3 is 16.2 Å². The molecule has 0 saturated heterocycles. The first-order valence-electron chi connectivity index (χ1n) is 3.49. The standard InChI is InChI=1S/C8H10N2O2/c9-5-8(11)12-7-4-2-1-3-6(7)10/h1-4H,5,9-10H2. The molecule has 4 heteroatoms. The number of ether oxygens (including phenoxy) is 1. The van der Waals surface area contributed by atoms with Crippen LogP contribution in [-0.4, -0.2) is 12.5 Å². The van der Waals surface area contributed by atoms with Crippen LogP contribution in [0.25, 0.3) is 0 Å². The number of carbonyl (C=O) groups excluding carboxylic acids is 1. The number of nitrogens with two attached hydrogens (primary N) is 2. The molecule has 1 aromatic carbocycles. The molecule has 0 aliphatic heterocycles. The quantitative estimate of drug-likeness (QED) is 0.372. The maximum absolute atomic E-state index is 10.7. The molecule has 12 heavy (non-hydrogen) atoms. The van der Waals surface area contributed by atoms with E-state index < -0.39 is 5.97 Å². The summed E-state index contributed by atoms with van der Waals surface area (Å²) in [6.07, 6.45) is 0. The summed E-state index contributed by atoms with van der Waals surface area (Å²) in [4.78, 5) is 10.7. The molecule has 1 rings (SSSR count). The number of rotatable bonds is 2. The van der Waals surface area contributed by atoms with Gasteiger partial charge in [-0.05, 0) is 12.1 Å². The van der Waals surface area contributed by atoms with Gasteiger partial charge in [0.25, 0.3) is 0 Å². The second kappa shape index (κ2) is 3.73. The average molecular weight is 166 g/mol. The third-order valence-electron chi connectivity index (χ3n) is 1.31. The van der Waals surface area contributed by atoms with Crippen molar-refractivity contribution in [3.63, 3.8) is 0 Å². The summed E-state index contributed by atoms with van der Waals surface area (Å²) in [7, 11) is 0. The largest absolute Gasteiger partial charge is 0.423 e. The molecule has 0 fully saturated rings. The third-order valence-corrected chi connectivity index (χ3v) is 1.31. The van der Waals surface area contributed by atoms with Gasteiger partial charge in [-0.2, -0.15) is 0 Å². The van der Waals surface area contributed by atoms with Crippen molar-refractivity contribution in [2.75, 3.05) is 12.3 Å². The fourth-order valence-electron chi connectivity index (χ4n) is 0.738. The highest BCUT2D eigenvalue weighted by molar-refractivity contribution is 5.76. The number of para-hydroxylation sites is 2. The highest BCUT2D eigenvalue weighted by Gasteiger charge is 2.03. The Balaban J connectivity index is 2.75. The van der Waals surface area contributed by atoms with Crippen molar-refractivity contribution in [2.24, 2.45) is 5.73 Å². The van der Waals surface area contributed by atoms with Crippen LogP contribution in [0.15, 0.2) is 24.3 Å². The van der Waals surface area contributed by atoms with Gasteiger partial charge in [-0.15, -0.1) is 0 Å². The van der Waals surface area contributed by atoms with Crippen LogP contribution in [0.1, 0.15) is 0 Å². The van der Waals surface area contributed by atoms with Crippen molar-refractivity contribution in [2.45, 2.75) is 0 Å². The smallest absolute Gasteiger partial charge is 0.325 e. The molecule has 0 spiro atoms. The Labute approximate surface area is 70.1 Å². The molecule has 0 amide bonds. The van der Waals surface area contributed by atoms with Crippen LogP contribution >= 0.6 is 0 Å². The number of hydrogen-bond donors (Lipinski definition) is 2. The number of esters is 1. The average Bonchev–Trinajstić information content (AvgIpc) is 2.09. The lowest BCUT2D eigenvalue weighted by atomic mass is 10.3. The Hall–Kier alpha value is -1.55. The monoisotopic (exact) mass is 166 g/mol. The maximum Gasteiger partial charge on any atom is 0.325 e. The minimum absolute atomic E-state index is 0.145. The molecule has 0 aromatic heterocycles. The Morgan fingerprint density at radius 2 is 2.08 bits per heavy atom. The lowest BCUT2D eigenvalue weighted by Crippen LogP contribution is -2.19. The van der Waals surface area contributed by atoms with Crippen LogP contribution in [-0.2, 0) is 4.79 Å². The van der Waals surface area contributed by atoms with Gasteiger partial charge in [-0.3, -0.25) is 4.79 Å². The molecule has 4 nitrogen and oxygen atoms in total. The van der Waals surface area contributed by atoms with Crippen molar-refractivity contribution < 1.29 is 9.53 Å². The molecule has 64 valence electrons. The van der Waals surface area contributed by atoms with E-state index in [2.05, 4.69) is 0 Å². The molecule has 1 aromatic rings. The van der Waals surface area contributed by atoms with E-state index in [1.165, 1.54) is 0 Å². The van der Waals surface area contributed by atoms with Gasteiger partial charge in [-0.1, -0.05) is 12.1 Å². The second-order valence-electron chi connectivity index (χ2n) is 2.22. The maximum atomic E-state index is 10.7. The van der Waals surface area contributed by atoms with Gasteiger partial charge in [-0.25, -0.2) is 0 Å². The zero-order valence-electron chi connectivity index (χ0n) is 6.49. The molecule has 4 N–H and O–H groups in total. The van der Waals surface area contributed by atoms with Crippen molar-refractivity contribution in [1.29, 1.82) is 0 Å². The van der Waals surface area contributed by atoms with Crippen LogP contribution in [0.3, 0.4) is 0 Å². The van der Waals surface area contributed by atoms with Crippen LogP contribution in [0.2, 0.25) is 0 Å². The van der Waals surface area contributed by atoms with Crippen LogP contribution in [0, 0.1) is 0 Å². The molecule has 0 aliphatic carbocycles. The number of benzene rings is 1. The molecule has 0 aliphatic rings. The zero-order valence-corrected chi connectivity index (χ0v) is 6.49. The van der Waals surface area contributed by atoms with Crippen molar-refractivity contribution in [3.05, 3.63) is 24.3 Å². The van der Waals surface area contributed by atoms with Gasteiger partial charge in [0.15, 0.2) is 5.75 Å². The lowest BCUT2D eigenvalue weighted by molar-refractivity contribution is -0.132.